The van der Waals surface area contributed by atoms with E-state index >= 15 is 0 Å². The molecule has 2 rings (SSSR count). The highest BCUT2D eigenvalue weighted by molar-refractivity contribution is 7.13. The molecule has 0 bridgehead atoms. The first-order valence-electron chi connectivity index (χ1n) is 5.90. The number of amides is 1. The summed E-state index contributed by atoms with van der Waals surface area (Å²) in [5, 5.41) is 13.8. The molecule has 0 saturated carbocycles. The molecule has 1 aromatic heterocycles. The molecule has 8 heteroatoms. The van der Waals surface area contributed by atoms with Gasteiger partial charge in [0.1, 0.15) is 5.75 Å². The average Bonchev–Trinajstić information content (AvgIpc) is 2.84. The molecule has 0 radical (unpaired) electrons. The molecule has 0 saturated heterocycles. The Labute approximate surface area is 124 Å². The minimum atomic E-state index is -1.15. The predicted molar refractivity (Wildman–Crippen MR) is 78.8 cm³/mol. The minimum Gasteiger partial charge on any atom is -0.497 e. The van der Waals surface area contributed by atoms with Gasteiger partial charge in [0.25, 0.3) is 0 Å². The Morgan fingerprint density at radius 2 is 2.24 bits per heavy atom. The molecule has 21 heavy (non-hydrogen) atoms. The third-order valence-electron chi connectivity index (χ3n) is 2.64. The van der Waals surface area contributed by atoms with Crippen molar-refractivity contribution in [1.29, 1.82) is 0 Å². The van der Waals surface area contributed by atoms with Crippen LogP contribution >= 0.6 is 11.3 Å². The van der Waals surface area contributed by atoms with E-state index in [0.717, 1.165) is 0 Å². The van der Waals surface area contributed by atoms with E-state index in [9.17, 15) is 9.59 Å². The van der Waals surface area contributed by atoms with E-state index in [2.05, 4.69) is 10.3 Å². The van der Waals surface area contributed by atoms with Crippen LogP contribution in [0.1, 0.15) is 16.1 Å². The Kier molecular flexibility index (Phi) is 4.39. The van der Waals surface area contributed by atoms with Crippen LogP contribution in [-0.4, -0.2) is 29.1 Å². The number of thiazole rings is 1. The van der Waals surface area contributed by atoms with Crippen molar-refractivity contribution in [1.82, 2.24) is 4.98 Å². The molecule has 1 aromatic carbocycles. The highest BCUT2D eigenvalue weighted by atomic mass is 32.1. The monoisotopic (exact) mass is 307 g/mol. The van der Waals surface area contributed by atoms with Gasteiger partial charge in [-0.05, 0) is 18.2 Å². The van der Waals surface area contributed by atoms with Crippen molar-refractivity contribution in [3.63, 3.8) is 0 Å². The second kappa shape index (κ2) is 6.23. The first kappa shape index (κ1) is 14.8. The summed E-state index contributed by atoms with van der Waals surface area (Å²) >= 11 is 1.24. The van der Waals surface area contributed by atoms with Crippen molar-refractivity contribution in [2.45, 2.75) is 6.42 Å². The van der Waals surface area contributed by atoms with Gasteiger partial charge in [-0.15, -0.1) is 11.3 Å². The smallest absolute Gasteiger partial charge is 0.337 e. The van der Waals surface area contributed by atoms with Crippen LogP contribution in [0.3, 0.4) is 0 Å². The minimum absolute atomic E-state index is 0.0266. The Hall–Kier alpha value is -2.61. The molecular weight excluding hydrogens is 294 g/mol. The Morgan fingerprint density at radius 3 is 2.81 bits per heavy atom. The van der Waals surface area contributed by atoms with Gasteiger partial charge >= 0.3 is 5.97 Å². The zero-order chi connectivity index (χ0) is 15.4. The number of nitrogens with two attached hydrogens (primary N) is 1. The van der Waals surface area contributed by atoms with Gasteiger partial charge in [-0.1, -0.05) is 0 Å². The first-order valence-corrected chi connectivity index (χ1v) is 6.78. The molecule has 0 aliphatic carbocycles. The lowest BCUT2D eigenvalue weighted by Crippen LogP contribution is -2.17. The third kappa shape index (κ3) is 3.69. The standard InChI is InChI=1S/C13H13N3O4S/c1-20-8-2-3-10(9(5-8)12(18)19)16-11(17)4-7-6-21-13(14)15-7/h2-3,5-6H,4H2,1H3,(H2,14,15)(H,16,17)(H,18,19). The van der Waals surface area contributed by atoms with Crippen molar-refractivity contribution < 1.29 is 19.4 Å². The Balaban J connectivity index is 2.14. The quantitative estimate of drug-likeness (QED) is 0.773. The van der Waals surface area contributed by atoms with Gasteiger partial charge in [-0.25, -0.2) is 9.78 Å². The average molecular weight is 307 g/mol. The van der Waals surface area contributed by atoms with Crippen molar-refractivity contribution in [2.75, 3.05) is 18.2 Å². The fourth-order valence-electron chi connectivity index (χ4n) is 1.70. The van der Waals surface area contributed by atoms with Crippen LogP contribution in [0.4, 0.5) is 10.8 Å². The molecule has 2 aromatic rings. The van der Waals surface area contributed by atoms with Crippen molar-refractivity contribution in [2.24, 2.45) is 0 Å². The van der Waals surface area contributed by atoms with Gasteiger partial charge in [0.2, 0.25) is 5.91 Å². The van der Waals surface area contributed by atoms with Gasteiger partial charge in [-0.2, -0.15) is 0 Å². The molecule has 0 spiro atoms. The van der Waals surface area contributed by atoms with Crippen LogP contribution < -0.4 is 15.8 Å². The highest BCUT2D eigenvalue weighted by Crippen LogP contribution is 2.22. The van der Waals surface area contributed by atoms with E-state index in [4.69, 9.17) is 15.6 Å². The lowest BCUT2D eigenvalue weighted by molar-refractivity contribution is -0.115. The number of aromatic carboxylic acids is 1. The number of nitrogen functional groups attached to an aromatic ring is 1. The number of methoxy groups -OCH3 is 1. The molecule has 1 amide bonds. The number of nitrogens with zero attached hydrogens (tertiary/aromatic N) is 1. The number of hydrogen-bond donors (Lipinski definition) is 3. The summed E-state index contributed by atoms with van der Waals surface area (Å²) in [6.45, 7) is 0. The fourth-order valence-corrected chi connectivity index (χ4v) is 2.26. The Morgan fingerprint density at radius 1 is 1.48 bits per heavy atom. The maximum absolute atomic E-state index is 11.9. The molecule has 0 unspecified atom stereocenters. The topological polar surface area (TPSA) is 115 Å². The van der Waals surface area contributed by atoms with Crippen LogP contribution in [-0.2, 0) is 11.2 Å². The van der Waals surface area contributed by atoms with Crippen molar-refractivity contribution in [3.8, 4) is 5.75 Å². The predicted octanol–water partition coefficient (Wildman–Crippen LogP) is 1.61. The second-order valence-corrected chi connectivity index (χ2v) is 5.01. The van der Waals surface area contributed by atoms with Crippen molar-refractivity contribution >= 4 is 34.0 Å². The summed E-state index contributed by atoms with van der Waals surface area (Å²) in [4.78, 5) is 27.1. The molecular formula is C13H13N3O4S. The molecule has 0 aliphatic heterocycles. The zero-order valence-electron chi connectivity index (χ0n) is 11.1. The van der Waals surface area contributed by atoms with Crippen LogP contribution in [0.5, 0.6) is 5.75 Å². The maximum atomic E-state index is 11.9. The van der Waals surface area contributed by atoms with E-state index in [1.54, 1.807) is 11.4 Å². The Bertz CT molecular complexity index is 684. The maximum Gasteiger partial charge on any atom is 0.337 e. The van der Waals surface area contributed by atoms with Gasteiger partial charge in [-0.3, -0.25) is 4.79 Å². The van der Waals surface area contributed by atoms with E-state index in [1.807, 2.05) is 0 Å². The van der Waals surface area contributed by atoms with E-state index in [-0.39, 0.29) is 23.6 Å². The number of nitrogens with one attached hydrogen (secondary N) is 1. The van der Waals surface area contributed by atoms with Gasteiger partial charge in [0.05, 0.1) is 30.5 Å². The fraction of sp³-hybridized carbons (Fsp3) is 0.154. The van der Waals surface area contributed by atoms with Crippen LogP contribution in [0.15, 0.2) is 23.6 Å². The molecule has 4 N–H and O–H groups in total. The summed E-state index contributed by atoms with van der Waals surface area (Å²) in [5.74, 6) is -1.12. The van der Waals surface area contributed by atoms with Gasteiger partial charge in [0.15, 0.2) is 5.13 Å². The summed E-state index contributed by atoms with van der Waals surface area (Å²) in [7, 11) is 1.44. The first-order chi connectivity index (χ1) is 9.99. The molecule has 0 aliphatic rings. The number of carbonyl (C=O) groups excluding carboxylic acids is 1. The molecule has 1 heterocycles. The van der Waals surface area contributed by atoms with Crippen molar-refractivity contribution in [3.05, 3.63) is 34.8 Å². The summed E-state index contributed by atoms with van der Waals surface area (Å²) < 4.78 is 4.96. The number of benzene rings is 1. The van der Waals surface area contributed by atoms with E-state index in [1.165, 1.54) is 30.6 Å². The molecule has 0 atom stereocenters. The third-order valence-corrected chi connectivity index (χ3v) is 3.37. The lowest BCUT2D eigenvalue weighted by atomic mass is 10.1. The van der Waals surface area contributed by atoms with Crippen LogP contribution in [0.2, 0.25) is 0 Å². The zero-order valence-corrected chi connectivity index (χ0v) is 11.9. The summed E-state index contributed by atoms with van der Waals surface area (Å²) in [5.41, 5.74) is 6.19. The number of carboxylic acid groups (broad SMARTS) is 1. The summed E-state index contributed by atoms with van der Waals surface area (Å²) in [6, 6.07) is 4.40. The SMILES string of the molecule is COc1ccc(NC(=O)Cc2csc(N)n2)c(C(=O)O)c1. The molecule has 110 valence electrons. The second-order valence-electron chi connectivity index (χ2n) is 4.12. The number of aromatic nitrogens is 1. The van der Waals surface area contributed by atoms with Gasteiger partial charge in [0, 0.05) is 5.38 Å². The van der Waals surface area contributed by atoms with Crippen LogP contribution in [0, 0.1) is 0 Å². The van der Waals surface area contributed by atoms with E-state index < -0.39 is 5.97 Å². The largest absolute Gasteiger partial charge is 0.497 e. The normalized spacial score (nSPS) is 10.1. The van der Waals surface area contributed by atoms with Crippen LogP contribution in [0.25, 0.3) is 0 Å². The number of rotatable bonds is 5. The highest BCUT2D eigenvalue weighted by Gasteiger charge is 2.14. The molecule has 7 nitrogen and oxygen atoms in total. The number of carbonyl (C=O) groups is 2. The lowest BCUT2D eigenvalue weighted by Gasteiger charge is -2.09. The number of ether oxygens (including phenoxy) is 1. The summed E-state index contributed by atoms with van der Waals surface area (Å²) in [6.07, 6.45) is 0.0266. The number of anilines is 2. The number of hydrogen-bond acceptors (Lipinski definition) is 6. The molecule has 0 fully saturated rings. The van der Waals surface area contributed by atoms with Gasteiger partial charge < -0.3 is 20.9 Å². The van der Waals surface area contributed by atoms with E-state index in [0.29, 0.717) is 16.6 Å². The number of carboxylic acids is 1.